The fourth-order valence-electron chi connectivity index (χ4n) is 8.67. The van der Waals surface area contributed by atoms with E-state index in [0.29, 0.717) is 17.3 Å². The quantitative estimate of drug-likeness (QED) is 0.693. The molecule has 28 heavy (non-hydrogen) atoms. The summed E-state index contributed by atoms with van der Waals surface area (Å²) in [7, 11) is 0. The Morgan fingerprint density at radius 2 is 1.68 bits per heavy atom. The maximum absolute atomic E-state index is 10.8. The molecule has 0 spiro atoms. The molecule has 3 heteroatoms. The van der Waals surface area contributed by atoms with Crippen molar-refractivity contribution >= 4 is 0 Å². The number of hydrogen-bond acceptors (Lipinski definition) is 3. The number of hydrogen-bond donors (Lipinski definition) is 2. The summed E-state index contributed by atoms with van der Waals surface area (Å²) in [5.41, 5.74) is 0.0922. The zero-order chi connectivity index (χ0) is 20.3. The molecule has 0 radical (unpaired) electrons. The molecule has 4 fully saturated rings. The molecular formula is C25H44O3. The number of rotatable bonds is 4. The van der Waals surface area contributed by atoms with Crippen LogP contribution in [0, 0.1) is 40.4 Å². The summed E-state index contributed by atoms with van der Waals surface area (Å²) < 4.78 is 6.33. The molecule has 0 saturated heterocycles. The lowest BCUT2D eigenvalue weighted by atomic mass is 9.43. The van der Waals surface area contributed by atoms with E-state index in [2.05, 4.69) is 27.7 Å². The fourth-order valence-corrected chi connectivity index (χ4v) is 8.67. The molecule has 2 N–H and O–H groups in total. The second-order valence-electron chi connectivity index (χ2n) is 11.9. The Hall–Kier alpha value is -0.120. The van der Waals surface area contributed by atoms with Crippen molar-refractivity contribution in [1.82, 2.24) is 0 Å². The van der Waals surface area contributed by atoms with E-state index < -0.39 is 5.60 Å². The van der Waals surface area contributed by atoms with Crippen molar-refractivity contribution in [2.45, 2.75) is 110 Å². The summed E-state index contributed by atoms with van der Waals surface area (Å²) in [4.78, 5) is 0. The molecule has 4 aliphatic carbocycles. The highest BCUT2D eigenvalue weighted by Crippen LogP contribution is 2.68. The van der Waals surface area contributed by atoms with E-state index in [4.69, 9.17) is 4.74 Å². The minimum atomic E-state index is -0.493. The van der Waals surface area contributed by atoms with Crippen molar-refractivity contribution in [3.05, 3.63) is 0 Å². The van der Waals surface area contributed by atoms with Crippen molar-refractivity contribution in [1.29, 1.82) is 0 Å². The highest BCUT2D eigenvalue weighted by Gasteiger charge is 2.62. The van der Waals surface area contributed by atoms with Gasteiger partial charge in [-0.1, -0.05) is 6.92 Å². The topological polar surface area (TPSA) is 49.7 Å². The number of ether oxygens (including phenoxy) is 1. The first-order valence-electron chi connectivity index (χ1n) is 12.1. The second-order valence-corrected chi connectivity index (χ2v) is 11.9. The van der Waals surface area contributed by atoms with Crippen LogP contribution in [0.2, 0.25) is 0 Å². The van der Waals surface area contributed by atoms with Crippen LogP contribution in [0.3, 0.4) is 0 Å². The first-order chi connectivity index (χ1) is 13.1. The van der Waals surface area contributed by atoms with Gasteiger partial charge in [0.15, 0.2) is 0 Å². The zero-order valence-corrected chi connectivity index (χ0v) is 18.9. The molecule has 4 rings (SSSR count). The lowest BCUT2D eigenvalue weighted by Gasteiger charge is -2.63. The minimum Gasteiger partial charge on any atom is -0.393 e. The van der Waals surface area contributed by atoms with Crippen molar-refractivity contribution < 1.29 is 14.9 Å². The fraction of sp³-hybridized carbons (Fsp3) is 1.00. The summed E-state index contributed by atoms with van der Waals surface area (Å²) in [6, 6.07) is 0. The standard InChI is InChI=1S/C25H44O3/c1-16(2)28-15-25-13-12-23(4,27)14-18(25)6-7-19-21-9-8-20(17(3)26)24(21,5)11-10-22(19)25/h16-22,26-27H,6-15H2,1-5H3/t17?,18-,19+,20?,21+,22+,23-,24-,25-/m1/s1. The van der Waals surface area contributed by atoms with Gasteiger partial charge in [0.2, 0.25) is 0 Å². The van der Waals surface area contributed by atoms with Crippen LogP contribution in [-0.2, 0) is 4.74 Å². The highest BCUT2D eigenvalue weighted by atomic mass is 16.5. The van der Waals surface area contributed by atoms with Gasteiger partial charge in [-0.2, -0.15) is 0 Å². The van der Waals surface area contributed by atoms with Gasteiger partial charge in [0.25, 0.3) is 0 Å². The molecule has 2 unspecified atom stereocenters. The van der Waals surface area contributed by atoms with Crippen LogP contribution in [0.25, 0.3) is 0 Å². The van der Waals surface area contributed by atoms with Crippen LogP contribution < -0.4 is 0 Å². The maximum Gasteiger partial charge on any atom is 0.0622 e. The molecule has 0 aliphatic heterocycles. The molecule has 0 aromatic heterocycles. The molecule has 9 atom stereocenters. The van der Waals surface area contributed by atoms with Gasteiger partial charge < -0.3 is 14.9 Å². The van der Waals surface area contributed by atoms with E-state index in [1.165, 1.54) is 38.5 Å². The third kappa shape index (κ3) is 3.28. The van der Waals surface area contributed by atoms with Gasteiger partial charge in [-0.3, -0.25) is 0 Å². The van der Waals surface area contributed by atoms with Crippen molar-refractivity contribution in [2.75, 3.05) is 6.61 Å². The van der Waals surface area contributed by atoms with Gasteiger partial charge in [0, 0.05) is 0 Å². The summed E-state index contributed by atoms with van der Waals surface area (Å²) >= 11 is 0. The van der Waals surface area contributed by atoms with Crippen molar-refractivity contribution in [3.63, 3.8) is 0 Å². The first kappa shape index (κ1) is 21.1. The molecule has 0 bridgehead atoms. The van der Waals surface area contributed by atoms with Crippen LogP contribution in [0.5, 0.6) is 0 Å². The predicted molar refractivity (Wildman–Crippen MR) is 113 cm³/mol. The molecule has 3 nitrogen and oxygen atoms in total. The third-order valence-electron chi connectivity index (χ3n) is 9.99. The average molecular weight is 393 g/mol. The van der Waals surface area contributed by atoms with Crippen molar-refractivity contribution in [2.24, 2.45) is 40.4 Å². The Balaban J connectivity index is 1.63. The van der Waals surface area contributed by atoms with Gasteiger partial charge >= 0.3 is 0 Å². The van der Waals surface area contributed by atoms with Gasteiger partial charge in [-0.05, 0) is 126 Å². The van der Waals surface area contributed by atoms with Crippen LogP contribution in [-0.4, -0.2) is 34.6 Å². The van der Waals surface area contributed by atoms with Crippen LogP contribution in [0.15, 0.2) is 0 Å². The summed E-state index contributed by atoms with van der Waals surface area (Å²) in [6.07, 6.45) is 10.7. The average Bonchev–Trinajstić information content (AvgIpc) is 2.97. The molecule has 4 aliphatic rings. The Kier molecular flexibility index (Phi) is 5.46. The number of fused-ring (bicyclic) bond motifs is 5. The Morgan fingerprint density at radius 3 is 2.36 bits per heavy atom. The van der Waals surface area contributed by atoms with E-state index in [1.807, 2.05) is 6.92 Å². The molecule has 0 aromatic carbocycles. The van der Waals surface area contributed by atoms with Crippen LogP contribution >= 0.6 is 0 Å². The molecule has 162 valence electrons. The summed E-state index contributed by atoms with van der Waals surface area (Å²) in [5.74, 6) is 3.38. The van der Waals surface area contributed by atoms with Gasteiger partial charge in [-0.25, -0.2) is 0 Å². The van der Waals surface area contributed by atoms with E-state index in [9.17, 15) is 10.2 Å². The van der Waals surface area contributed by atoms with E-state index in [1.54, 1.807) is 0 Å². The minimum absolute atomic E-state index is 0.175. The van der Waals surface area contributed by atoms with E-state index in [0.717, 1.165) is 43.6 Å². The molecule has 4 saturated carbocycles. The number of aliphatic hydroxyl groups excluding tert-OH is 1. The highest BCUT2D eigenvalue weighted by molar-refractivity contribution is 5.11. The largest absolute Gasteiger partial charge is 0.393 e. The van der Waals surface area contributed by atoms with E-state index in [-0.39, 0.29) is 17.6 Å². The Bertz CT molecular complexity index is 566. The van der Waals surface area contributed by atoms with E-state index >= 15 is 0 Å². The Morgan fingerprint density at radius 1 is 0.929 bits per heavy atom. The van der Waals surface area contributed by atoms with Crippen LogP contribution in [0.4, 0.5) is 0 Å². The smallest absolute Gasteiger partial charge is 0.0622 e. The SMILES string of the molecule is CC(C)OC[C@]12CC[C@@](C)(O)C[C@H]1CC[C@@H]1[C@@H]2CC[C@]2(C)C(C(C)O)CC[C@@H]12. The van der Waals surface area contributed by atoms with Gasteiger partial charge in [0.05, 0.1) is 24.4 Å². The summed E-state index contributed by atoms with van der Waals surface area (Å²) in [6.45, 7) is 11.8. The molecular weight excluding hydrogens is 348 g/mol. The van der Waals surface area contributed by atoms with Gasteiger partial charge in [-0.15, -0.1) is 0 Å². The molecule has 0 heterocycles. The first-order valence-corrected chi connectivity index (χ1v) is 12.1. The molecule has 0 aromatic rings. The monoisotopic (exact) mass is 392 g/mol. The van der Waals surface area contributed by atoms with Crippen LogP contribution in [0.1, 0.15) is 92.4 Å². The van der Waals surface area contributed by atoms with Gasteiger partial charge in [0.1, 0.15) is 0 Å². The third-order valence-corrected chi connectivity index (χ3v) is 9.99. The lowest BCUT2D eigenvalue weighted by Crippen LogP contribution is -2.58. The lowest BCUT2D eigenvalue weighted by molar-refractivity contribution is -0.184. The summed E-state index contributed by atoms with van der Waals surface area (Å²) in [5, 5.41) is 21.3. The maximum atomic E-state index is 10.8. The zero-order valence-electron chi connectivity index (χ0n) is 18.9. The second kappa shape index (κ2) is 7.24. The van der Waals surface area contributed by atoms with Crippen molar-refractivity contribution in [3.8, 4) is 0 Å². The Labute approximate surface area is 172 Å². The predicted octanol–water partition coefficient (Wildman–Crippen LogP) is 5.18. The molecule has 0 amide bonds. The number of aliphatic hydroxyl groups is 2. The normalized spacial score (nSPS) is 52.1.